The van der Waals surface area contributed by atoms with Crippen molar-refractivity contribution in [3.63, 3.8) is 0 Å². The zero-order valence-corrected chi connectivity index (χ0v) is 8.73. The Hall–Kier alpha value is -1.31. The van der Waals surface area contributed by atoms with E-state index in [1.807, 2.05) is 35.2 Å². The van der Waals surface area contributed by atoms with Crippen molar-refractivity contribution in [2.24, 2.45) is 11.8 Å². The van der Waals surface area contributed by atoms with Gasteiger partial charge in [-0.2, -0.15) is 0 Å². The molecule has 0 aromatic heterocycles. The highest BCUT2D eigenvalue weighted by molar-refractivity contribution is 5.97. The first-order chi connectivity index (χ1) is 7.36. The van der Waals surface area contributed by atoms with Gasteiger partial charge < -0.3 is 4.90 Å². The predicted octanol–water partition coefficient (Wildman–Crippen LogP) is 2.45. The molecule has 2 heteroatoms. The van der Waals surface area contributed by atoms with Crippen LogP contribution in [0.3, 0.4) is 0 Å². The molecule has 2 unspecified atom stereocenters. The molecule has 0 bridgehead atoms. The number of para-hydroxylation sites is 1. The SMILES string of the molecule is O=C1C2CCCC2CN1c1ccccc1. The van der Waals surface area contributed by atoms with Crippen molar-refractivity contribution in [1.29, 1.82) is 0 Å². The molecular formula is C13H15NO. The number of anilines is 1. The molecule has 1 aliphatic carbocycles. The van der Waals surface area contributed by atoms with E-state index in [0.29, 0.717) is 17.7 Å². The Morgan fingerprint density at radius 2 is 1.93 bits per heavy atom. The van der Waals surface area contributed by atoms with Crippen LogP contribution in [0.4, 0.5) is 5.69 Å². The number of amides is 1. The Morgan fingerprint density at radius 3 is 2.67 bits per heavy atom. The molecule has 0 radical (unpaired) electrons. The molecule has 1 saturated carbocycles. The number of carbonyl (C=O) groups excluding carboxylic acids is 1. The summed E-state index contributed by atoms with van der Waals surface area (Å²) in [6.45, 7) is 0.938. The smallest absolute Gasteiger partial charge is 0.230 e. The summed E-state index contributed by atoms with van der Waals surface area (Å²) in [5, 5.41) is 0. The highest BCUT2D eigenvalue weighted by Gasteiger charge is 2.43. The van der Waals surface area contributed by atoms with E-state index in [2.05, 4.69) is 0 Å². The van der Waals surface area contributed by atoms with Crippen molar-refractivity contribution in [2.75, 3.05) is 11.4 Å². The van der Waals surface area contributed by atoms with Crippen molar-refractivity contribution < 1.29 is 4.79 Å². The Bertz CT molecular complexity index is 373. The van der Waals surface area contributed by atoms with Gasteiger partial charge >= 0.3 is 0 Å². The van der Waals surface area contributed by atoms with Crippen LogP contribution >= 0.6 is 0 Å². The minimum atomic E-state index is 0.324. The van der Waals surface area contributed by atoms with Gasteiger partial charge in [0.2, 0.25) is 5.91 Å². The molecule has 2 fully saturated rings. The van der Waals surface area contributed by atoms with E-state index in [9.17, 15) is 4.79 Å². The van der Waals surface area contributed by atoms with Crippen molar-refractivity contribution in [3.8, 4) is 0 Å². The number of benzene rings is 1. The van der Waals surface area contributed by atoms with Gasteiger partial charge in [0.1, 0.15) is 0 Å². The molecule has 3 rings (SSSR count). The molecule has 1 saturated heterocycles. The fourth-order valence-electron chi connectivity index (χ4n) is 2.95. The molecule has 0 N–H and O–H groups in total. The van der Waals surface area contributed by atoms with Crippen molar-refractivity contribution in [3.05, 3.63) is 30.3 Å². The zero-order valence-electron chi connectivity index (χ0n) is 8.73. The molecule has 15 heavy (non-hydrogen) atoms. The second-order valence-electron chi connectivity index (χ2n) is 4.58. The third-order valence-electron chi connectivity index (χ3n) is 3.73. The van der Waals surface area contributed by atoms with E-state index in [-0.39, 0.29) is 0 Å². The standard InChI is InChI=1S/C13H15NO/c15-13-12-8-4-5-10(12)9-14(13)11-6-2-1-3-7-11/h1-3,6-7,10,12H,4-5,8-9H2. The molecule has 1 aromatic carbocycles. The quantitative estimate of drug-likeness (QED) is 0.683. The van der Waals surface area contributed by atoms with Gasteiger partial charge in [-0.1, -0.05) is 24.6 Å². The second-order valence-corrected chi connectivity index (χ2v) is 4.58. The Labute approximate surface area is 89.9 Å². The number of carbonyl (C=O) groups is 1. The summed E-state index contributed by atoms with van der Waals surface area (Å²) in [5.41, 5.74) is 1.07. The minimum Gasteiger partial charge on any atom is -0.312 e. The molecule has 1 amide bonds. The summed E-state index contributed by atoms with van der Waals surface area (Å²) < 4.78 is 0. The number of hydrogen-bond donors (Lipinski definition) is 0. The molecule has 2 atom stereocenters. The lowest BCUT2D eigenvalue weighted by molar-refractivity contribution is -0.120. The van der Waals surface area contributed by atoms with Gasteiger partial charge in [0, 0.05) is 18.2 Å². The third-order valence-corrected chi connectivity index (χ3v) is 3.73. The van der Waals surface area contributed by atoms with E-state index >= 15 is 0 Å². The summed E-state index contributed by atoms with van der Waals surface area (Å²) in [4.78, 5) is 14.1. The fraction of sp³-hybridized carbons (Fsp3) is 0.462. The first-order valence-electron chi connectivity index (χ1n) is 5.73. The summed E-state index contributed by atoms with van der Waals surface area (Å²) >= 11 is 0. The van der Waals surface area contributed by atoms with Crippen LogP contribution in [-0.4, -0.2) is 12.5 Å². The van der Waals surface area contributed by atoms with Crippen LogP contribution in [0.25, 0.3) is 0 Å². The van der Waals surface area contributed by atoms with Gasteiger partial charge in [-0.25, -0.2) is 0 Å². The van der Waals surface area contributed by atoms with Crippen LogP contribution in [0.2, 0.25) is 0 Å². The summed E-state index contributed by atoms with van der Waals surface area (Å²) in [6, 6.07) is 10.0. The van der Waals surface area contributed by atoms with E-state index in [4.69, 9.17) is 0 Å². The van der Waals surface area contributed by atoms with Crippen LogP contribution in [0.1, 0.15) is 19.3 Å². The molecule has 2 aliphatic rings. The summed E-state index contributed by atoms with van der Waals surface area (Å²) in [5.74, 6) is 1.30. The van der Waals surface area contributed by atoms with E-state index < -0.39 is 0 Å². The number of nitrogens with zero attached hydrogens (tertiary/aromatic N) is 1. The average Bonchev–Trinajstić information content (AvgIpc) is 2.83. The molecule has 2 nitrogen and oxygen atoms in total. The molecule has 1 heterocycles. The fourth-order valence-corrected chi connectivity index (χ4v) is 2.95. The maximum absolute atomic E-state index is 12.1. The van der Waals surface area contributed by atoms with Crippen LogP contribution in [0.15, 0.2) is 30.3 Å². The number of hydrogen-bond acceptors (Lipinski definition) is 1. The molecule has 1 aliphatic heterocycles. The Morgan fingerprint density at radius 1 is 1.13 bits per heavy atom. The topological polar surface area (TPSA) is 20.3 Å². The average molecular weight is 201 g/mol. The summed E-state index contributed by atoms with van der Waals surface area (Å²) in [6.07, 6.45) is 3.58. The molecule has 0 spiro atoms. The monoisotopic (exact) mass is 201 g/mol. The van der Waals surface area contributed by atoms with Gasteiger partial charge in [0.25, 0.3) is 0 Å². The maximum atomic E-state index is 12.1. The van der Waals surface area contributed by atoms with Gasteiger partial charge in [-0.15, -0.1) is 0 Å². The largest absolute Gasteiger partial charge is 0.312 e. The first-order valence-corrected chi connectivity index (χ1v) is 5.73. The van der Waals surface area contributed by atoms with Gasteiger partial charge in [0.15, 0.2) is 0 Å². The predicted molar refractivity (Wildman–Crippen MR) is 59.6 cm³/mol. The Balaban J connectivity index is 1.88. The molecular weight excluding hydrogens is 186 g/mol. The number of rotatable bonds is 1. The van der Waals surface area contributed by atoms with Gasteiger partial charge in [0.05, 0.1) is 0 Å². The minimum absolute atomic E-state index is 0.324. The number of fused-ring (bicyclic) bond motifs is 1. The second kappa shape index (κ2) is 3.37. The maximum Gasteiger partial charge on any atom is 0.230 e. The van der Waals surface area contributed by atoms with Crippen molar-refractivity contribution in [1.82, 2.24) is 0 Å². The lowest BCUT2D eigenvalue weighted by atomic mass is 10.0. The van der Waals surface area contributed by atoms with Crippen LogP contribution in [0, 0.1) is 11.8 Å². The van der Waals surface area contributed by atoms with Crippen LogP contribution < -0.4 is 4.90 Å². The first kappa shape index (κ1) is 8.96. The van der Waals surface area contributed by atoms with Crippen LogP contribution in [-0.2, 0) is 4.79 Å². The van der Waals surface area contributed by atoms with Crippen molar-refractivity contribution >= 4 is 11.6 Å². The lowest BCUT2D eigenvalue weighted by Crippen LogP contribution is -2.26. The van der Waals surface area contributed by atoms with Gasteiger partial charge in [-0.3, -0.25) is 4.79 Å². The van der Waals surface area contributed by atoms with E-state index in [1.54, 1.807) is 0 Å². The van der Waals surface area contributed by atoms with Gasteiger partial charge in [-0.05, 0) is 30.9 Å². The lowest BCUT2D eigenvalue weighted by Gasteiger charge is -2.17. The Kier molecular flexibility index (Phi) is 2.01. The van der Waals surface area contributed by atoms with E-state index in [0.717, 1.165) is 18.7 Å². The highest BCUT2D eigenvalue weighted by atomic mass is 16.2. The van der Waals surface area contributed by atoms with E-state index in [1.165, 1.54) is 12.8 Å². The normalized spacial score (nSPS) is 29.6. The third kappa shape index (κ3) is 1.36. The molecule has 1 aromatic rings. The zero-order chi connectivity index (χ0) is 10.3. The van der Waals surface area contributed by atoms with Crippen LogP contribution in [0.5, 0.6) is 0 Å². The van der Waals surface area contributed by atoms with Crippen molar-refractivity contribution in [2.45, 2.75) is 19.3 Å². The molecule has 78 valence electrons. The highest BCUT2D eigenvalue weighted by Crippen LogP contribution is 2.40. The summed E-state index contributed by atoms with van der Waals surface area (Å²) in [7, 11) is 0.